The van der Waals surface area contributed by atoms with Crippen molar-refractivity contribution in [3.8, 4) is 5.75 Å². The standard InChI is InChI=1S/C13H16O2.C8H8O2/c14-12(11-7-3-1-4-8-11)13(15)9-5-2-6-10-13;1-6(9)7-2-4-8(10)5-3-7/h1,3-4,7-8,15H,2,5-6,9-10H2;2-5,10H,1H3. The summed E-state index contributed by atoms with van der Waals surface area (Å²) in [6.07, 6.45) is 4.26. The average Bonchev–Trinajstić information content (AvgIpc) is 2.63. The van der Waals surface area contributed by atoms with E-state index in [1.807, 2.05) is 18.2 Å². The third kappa shape index (κ3) is 5.26. The number of aromatic hydroxyl groups is 1. The summed E-state index contributed by atoms with van der Waals surface area (Å²) in [6.45, 7) is 1.49. The van der Waals surface area contributed by atoms with Crippen LogP contribution in [0.3, 0.4) is 0 Å². The van der Waals surface area contributed by atoms with Gasteiger partial charge in [0.2, 0.25) is 0 Å². The number of ketones is 2. The molecule has 4 nitrogen and oxygen atoms in total. The molecule has 0 aromatic heterocycles. The number of phenolic OH excluding ortho intramolecular Hbond substituents is 1. The van der Waals surface area contributed by atoms with E-state index in [2.05, 4.69) is 0 Å². The van der Waals surface area contributed by atoms with Crippen LogP contribution in [0, 0.1) is 0 Å². The lowest BCUT2D eigenvalue weighted by Crippen LogP contribution is -2.40. The number of benzene rings is 2. The molecule has 0 amide bonds. The molecule has 2 aromatic carbocycles. The normalized spacial score (nSPS) is 15.6. The molecule has 0 radical (unpaired) electrons. The number of hydrogen-bond acceptors (Lipinski definition) is 4. The van der Waals surface area contributed by atoms with Crippen molar-refractivity contribution in [1.29, 1.82) is 0 Å². The van der Waals surface area contributed by atoms with E-state index >= 15 is 0 Å². The number of hydrogen-bond donors (Lipinski definition) is 2. The van der Waals surface area contributed by atoms with Crippen LogP contribution >= 0.6 is 0 Å². The van der Waals surface area contributed by atoms with Crippen LogP contribution in [-0.2, 0) is 0 Å². The van der Waals surface area contributed by atoms with Gasteiger partial charge in [0.25, 0.3) is 0 Å². The molecule has 2 aromatic rings. The Balaban J connectivity index is 0.000000196. The van der Waals surface area contributed by atoms with Crippen LogP contribution in [0.4, 0.5) is 0 Å². The van der Waals surface area contributed by atoms with Crippen molar-refractivity contribution < 1.29 is 19.8 Å². The lowest BCUT2D eigenvalue weighted by molar-refractivity contribution is 0.0116. The van der Waals surface area contributed by atoms with Crippen molar-refractivity contribution in [1.82, 2.24) is 0 Å². The predicted octanol–water partition coefficient (Wildman–Crippen LogP) is 4.16. The van der Waals surface area contributed by atoms with Gasteiger partial charge in [0, 0.05) is 11.1 Å². The Morgan fingerprint density at radius 2 is 1.40 bits per heavy atom. The van der Waals surface area contributed by atoms with Gasteiger partial charge in [-0.2, -0.15) is 0 Å². The molecule has 0 unspecified atom stereocenters. The van der Waals surface area contributed by atoms with Gasteiger partial charge in [0.15, 0.2) is 11.6 Å². The van der Waals surface area contributed by atoms with Gasteiger partial charge in [-0.3, -0.25) is 9.59 Å². The first-order valence-electron chi connectivity index (χ1n) is 8.54. The Hall–Kier alpha value is -2.46. The molecule has 25 heavy (non-hydrogen) atoms. The molecule has 1 fully saturated rings. The van der Waals surface area contributed by atoms with Gasteiger partial charge in [-0.1, -0.05) is 49.6 Å². The van der Waals surface area contributed by atoms with E-state index in [9.17, 15) is 14.7 Å². The Morgan fingerprint density at radius 3 is 1.92 bits per heavy atom. The maximum atomic E-state index is 12.1. The van der Waals surface area contributed by atoms with Gasteiger partial charge in [0.1, 0.15) is 11.4 Å². The van der Waals surface area contributed by atoms with Crippen molar-refractivity contribution >= 4 is 11.6 Å². The van der Waals surface area contributed by atoms with E-state index in [1.54, 1.807) is 24.3 Å². The van der Waals surface area contributed by atoms with Crippen LogP contribution < -0.4 is 0 Å². The zero-order valence-electron chi connectivity index (χ0n) is 14.4. The molecule has 132 valence electrons. The first-order valence-corrected chi connectivity index (χ1v) is 8.54. The van der Waals surface area contributed by atoms with Crippen molar-refractivity contribution in [3.63, 3.8) is 0 Å². The number of aliphatic hydroxyl groups is 1. The molecule has 0 bridgehead atoms. The van der Waals surface area contributed by atoms with Crippen LogP contribution in [-0.4, -0.2) is 27.4 Å². The molecule has 0 spiro atoms. The van der Waals surface area contributed by atoms with Gasteiger partial charge in [-0.15, -0.1) is 0 Å². The summed E-state index contributed by atoms with van der Waals surface area (Å²) in [5.74, 6) is 0.0906. The van der Waals surface area contributed by atoms with E-state index in [4.69, 9.17) is 5.11 Å². The molecule has 3 rings (SSSR count). The maximum absolute atomic E-state index is 12.1. The fourth-order valence-electron chi connectivity index (χ4n) is 2.92. The zero-order chi connectivity index (χ0) is 18.3. The predicted molar refractivity (Wildman–Crippen MR) is 96.9 cm³/mol. The Morgan fingerprint density at radius 1 is 0.840 bits per heavy atom. The Kier molecular flexibility index (Phi) is 6.48. The zero-order valence-corrected chi connectivity index (χ0v) is 14.4. The molecule has 0 atom stereocenters. The minimum absolute atomic E-state index is 0.0139. The summed E-state index contributed by atoms with van der Waals surface area (Å²) in [6, 6.07) is 15.3. The quantitative estimate of drug-likeness (QED) is 0.823. The van der Waals surface area contributed by atoms with Gasteiger partial charge >= 0.3 is 0 Å². The van der Waals surface area contributed by atoms with E-state index < -0.39 is 5.60 Å². The third-order valence-corrected chi connectivity index (χ3v) is 4.41. The van der Waals surface area contributed by atoms with Gasteiger partial charge in [0.05, 0.1) is 0 Å². The smallest absolute Gasteiger partial charge is 0.194 e. The molecule has 1 aliphatic rings. The molecule has 0 aliphatic heterocycles. The summed E-state index contributed by atoms with van der Waals surface area (Å²) in [7, 11) is 0. The largest absolute Gasteiger partial charge is 0.508 e. The van der Waals surface area contributed by atoms with Crippen LogP contribution in [0.1, 0.15) is 59.7 Å². The summed E-state index contributed by atoms with van der Waals surface area (Å²) in [4.78, 5) is 22.7. The summed E-state index contributed by atoms with van der Waals surface area (Å²) in [5.41, 5.74) is 0.152. The molecule has 4 heteroatoms. The fourth-order valence-corrected chi connectivity index (χ4v) is 2.92. The Bertz CT molecular complexity index is 698. The van der Waals surface area contributed by atoms with Gasteiger partial charge in [-0.05, 0) is 44.0 Å². The van der Waals surface area contributed by atoms with Crippen LogP contribution in [0.2, 0.25) is 0 Å². The first-order chi connectivity index (χ1) is 11.9. The first kappa shape index (κ1) is 18.9. The molecular weight excluding hydrogens is 316 g/mol. The highest BCUT2D eigenvalue weighted by molar-refractivity contribution is 6.02. The van der Waals surface area contributed by atoms with E-state index in [-0.39, 0.29) is 17.3 Å². The molecule has 0 saturated heterocycles. The molecular formula is C21H24O4. The average molecular weight is 340 g/mol. The molecule has 1 aliphatic carbocycles. The van der Waals surface area contributed by atoms with Crippen molar-refractivity contribution in [2.75, 3.05) is 0 Å². The van der Waals surface area contributed by atoms with Crippen molar-refractivity contribution in [3.05, 3.63) is 65.7 Å². The summed E-state index contributed by atoms with van der Waals surface area (Å²) in [5, 5.41) is 19.1. The molecule has 1 saturated carbocycles. The van der Waals surface area contributed by atoms with Crippen LogP contribution in [0.15, 0.2) is 54.6 Å². The van der Waals surface area contributed by atoms with Gasteiger partial charge in [-0.25, -0.2) is 0 Å². The van der Waals surface area contributed by atoms with Crippen LogP contribution in [0.5, 0.6) is 5.75 Å². The maximum Gasteiger partial charge on any atom is 0.194 e. The van der Waals surface area contributed by atoms with Gasteiger partial charge < -0.3 is 10.2 Å². The lowest BCUT2D eigenvalue weighted by Gasteiger charge is -2.30. The number of Topliss-reactive ketones (excluding diaryl/α,β-unsaturated/α-hetero) is 2. The van der Waals surface area contributed by atoms with Crippen molar-refractivity contribution in [2.45, 2.75) is 44.6 Å². The second-order valence-electron chi connectivity index (χ2n) is 6.39. The highest BCUT2D eigenvalue weighted by Gasteiger charge is 2.37. The second kappa shape index (κ2) is 8.58. The highest BCUT2D eigenvalue weighted by Crippen LogP contribution is 2.30. The Labute approximate surface area is 148 Å². The molecule has 2 N–H and O–H groups in total. The minimum atomic E-state index is -1.10. The number of rotatable bonds is 3. The van der Waals surface area contributed by atoms with E-state index in [0.29, 0.717) is 24.0 Å². The second-order valence-corrected chi connectivity index (χ2v) is 6.39. The third-order valence-electron chi connectivity index (χ3n) is 4.41. The van der Waals surface area contributed by atoms with E-state index in [1.165, 1.54) is 19.1 Å². The SMILES string of the molecule is CC(=O)c1ccc(O)cc1.O=C(c1ccccc1)C1(O)CCCCC1. The minimum Gasteiger partial charge on any atom is -0.508 e. The van der Waals surface area contributed by atoms with E-state index in [0.717, 1.165) is 19.3 Å². The van der Waals surface area contributed by atoms with Crippen molar-refractivity contribution in [2.24, 2.45) is 0 Å². The topological polar surface area (TPSA) is 74.6 Å². The monoisotopic (exact) mass is 340 g/mol. The summed E-state index contributed by atoms with van der Waals surface area (Å²) >= 11 is 0. The summed E-state index contributed by atoms with van der Waals surface area (Å²) < 4.78 is 0. The van der Waals surface area contributed by atoms with Crippen LogP contribution in [0.25, 0.3) is 0 Å². The highest BCUT2D eigenvalue weighted by atomic mass is 16.3. The number of phenols is 1. The fraction of sp³-hybridized carbons (Fsp3) is 0.333. The molecule has 0 heterocycles. The number of carbonyl (C=O) groups is 2. The lowest BCUT2D eigenvalue weighted by atomic mass is 9.79. The number of carbonyl (C=O) groups excluding carboxylic acids is 2.